The van der Waals surface area contributed by atoms with E-state index in [1.54, 1.807) is 0 Å². The lowest BCUT2D eigenvalue weighted by molar-refractivity contribution is 0.166. The number of rotatable bonds is 8. The lowest BCUT2D eigenvalue weighted by Crippen LogP contribution is -2.39. The predicted molar refractivity (Wildman–Crippen MR) is 79.4 cm³/mol. The maximum Gasteiger partial charge on any atom is 0.0585 e. The van der Waals surface area contributed by atoms with E-state index >= 15 is 0 Å². The Morgan fingerprint density at radius 2 is 1.95 bits per heavy atom. The molecule has 1 heterocycles. The quantitative estimate of drug-likeness (QED) is 0.682. The predicted octanol–water partition coefficient (Wildman–Crippen LogP) is 0.763. The lowest BCUT2D eigenvalue weighted by atomic mass is 9.96. The molecule has 1 unspecified atom stereocenters. The second kappa shape index (κ2) is 7.58. The topological polar surface area (TPSA) is 38.7 Å². The van der Waals surface area contributed by atoms with E-state index in [2.05, 4.69) is 29.2 Å². The minimum atomic E-state index is 0.276. The molecule has 4 nitrogen and oxygen atoms in total. The van der Waals surface area contributed by atoms with Gasteiger partial charge in [0.25, 0.3) is 0 Å². The van der Waals surface area contributed by atoms with Crippen LogP contribution >= 0.6 is 0 Å². The molecule has 4 heteroatoms. The third-order valence-electron chi connectivity index (χ3n) is 4.54. The third-order valence-corrected chi connectivity index (χ3v) is 4.54. The van der Waals surface area contributed by atoms with Crippen LogP contribution in [-0.4, -0.2) is 73.9 Å². The number of hydrogen-bond acceptors (Lipinski definition) is 4. The van der Waals surface area contributed by atoms with Gasteiger partial charge < -0.3 is 20.2 Å². The number of hydrogen-bond donors (Lipinski definition) is 2. The van der Waals surface area contributed by atoms with Gasteiger partial charge >= 0.3 is 0 Å². The summed E-state index contributed by atoms with van der Waals surface area (Å²) in [7, 11) is 4.44. The van der Waals surface area contributed by atoms with Crippen molar-refractivity contribution < 1.29 is 5.11 Å². The number of aliphatic hydroxyl groups is 1. The van der Waals surface area contributed by atoms with E-state index in [0.717, 1.165) is 18.9 Å². The number of likely N-dealkylation sites (tertiary alicyclic amines) is 1. The van der Waals surface area contributed by atoms with E-state index < -0.39 is 0 Å². The van der Waals surface area contributed by atoms with Crippen molar-refractivity contribution in [3.8, 4) is 0 Å². The van der Waals surface area contributed by atoms with Gasteiger partial charge in [0, 0.05) is 18.6 Å². The average Bonchev–Trinajstić information content (AvgIpc) is 3.21. The molecule has 2 fully saturated rings. The van der Waals surface area contributed by atoms with E-state index in [9.17, 15) is 5.11 Å². The highest BCUT2D eigenvalue weighted by atomic mass is 16.3. The minimum absolute atomic E-state index is 0.276. The first kappa shape index (κ1) is 15.2. The van der Waals surface area contributed by atoms with Gasteiger partial charge in [-0.15, -0.1) is 0 Å². The average molecular weight is 269 g/mol. The van der Waals surface area contributed by atoms with Crippen LogP contribution in [0.2, 0.25) is 0 Å². The van der Waals surface area contributed by atoms with Crippen molar-refractivity contribution in [3.63, 3.8) is 0 Å². The molecule has 0 aromatic rings. The van der Waals surface area contributed by atoms with Crippen molar-refractivity contribution in [1.82, 2.24) is 15.1 Å². The highest BCUT2D eigenvalue weighted by Crippen LogP contribution is 2.20. The number of aliphatic hydroxyl groups excluding tert-OH is 1. The summed E-state index contributed by atoms with van der Waals surface area (Å²) >= 11 is 0. The van der Waals surface area contributed by atoms with Crippen molar-refractivity contribution in [1.29, 1.82) is 0 Å². The van der Waals surface area contributed by atoms with Gasteiger partial charge in [0.2, 0.25) is 0 Å². The van der Waals surface area contributed by atoms with Gasteiger partial charge in [0.1, 0.15) is 0 Å². The molecule has 2 aliphatic rings. The number of nitrogens with one attached hydrogen (secondary N) is 1. The summed E-state index contributed by atoms with van der Waals surface area (Å²) in [5.74, 6) is 0.866. The van der Waals surface area contributed by atoms with E-state index in [-0.39, 0.29) is 6.61 Å². The first-order valence-corrected chi connectivity index (χ1v) is 7.91. The maximum absolute atomic E-state index is 9.38. The van der Waals surface area contributed by atoms with E-state index in [1.807, 2.05) is 0 Å². The molecular formula is C15H31N3O. The molecule has 1 saturated heterocycles. The summed E-state index contributed by atoms with van der Waals surface area (Å²) in [6, 6.07) is 0.990. The van der Waals surface area contributed by atoms with Gasteiger partial charge in [0.15, 0.2) is 0 Å². The van der Waals surface area contributed by atoms with Crippen LogP contribution in [0.1, 0.15) is 32.1 Å². The van der Waals surface area contributed by atoms with Gasteiger partial charge in [-0.2, -0.15) is 0 Å². The Balaban J connectivity index is 1.58. The molecule has 0 aromatic heterocycles. The van der Waals surface area contributed by atoms with Crippen molar-refractivity contribution in [3.05, 3.63) is 0 Å². The zero-order chi connectivity index (χ0) is 13.7. The molecule has 0 spiro atoms. The zero-order valence-electron chi connectivity index (χ0n) is 12.6. The van der Waals surface area contributed by atoms with E-state index in [1.165, 1.54) is 45.3 Å². The summed E-state index contributed by atoms with van der Waals surface area (Å²) in [5, 5.41) is 12.9. The molecule has 0 bridgehead atoms. The molecule has 1 aliphatic heterocycles. The molecule has 0 amide bonds. The maximum atomic E-state index is 9.38. The minimum Gasteiger partial charge on any atom is -0.395 e. The highest BCUT2D eigenvalue weighted by molar-refractivity contribution is 4.85. The van der Waals surface area contributed by atoms with Gasteiger partial charge in [0.05, 0.1) is 6.61 Å². The highest BCUT2D eigenvalue weighted by Gasteiger charge is 2.24. The van der Waals surface area contributed by atoms with Crippen molar-refractivity contribution in [2.45, 2.75) is 44.2 Å². The van der Waals surface area contributed by atoms with Crippen LogP contribution in [0, 0.1) is 5.92 Å². The van der Waals surface area contributed by atoms with Gasteiger partial charge in [-0.05, 0) is 71.8 Å². The number of piperidine rings is 1. The van der Waals surface area contributed by atoms with Crippen LogP contribution in [0.15, 0.2) is 0 Å². The molecule has 19 heavy (non-hydrogen) atoms. The smallest absolute Gasteiger partial charge is 0.0585 e. The van der Waals surface area contributed by atoms with Crippen LogP contribution in [0.5, 0.6) is 0 Å². The van der Waals surface area contributed by atoms with Crippen LogP contribution in [-0.2, 0) is 0 Å². The molecule has 2 rings (SSSR count). The fraction of sp³-hybridized carbons (Fsp3) is 1.00. The summed E-state index contributed by atoms with van der Waals surface area (Å²) in [4.78, 5) is 4.88. The van der Waals surface area contributed by atoms with Gasteiger partial charge in [-0.1, -0.05) is 0 Å². The van der Waals surface area contributed by atoms with Crippen LogP contribution in [0.25, 0.3) is 0 Å². The molecule has 112 valence electrons. The lowest BCUT2D eigenvalue weighted by Gasteiger charge is -2.32. The standard InChI is InChI=1S/C15H31N3O/c1-17-8-5-13(6-9-17)11-18(2)10-7-15(12-19)16-14-3-4-14/h13-16,19H,3-12H2,1-2H3. The van der Waals surface area contributed by atoms with Gasteiger partial charge in [-0.25, -0.2) is 0 Å². The molecule has 1 aliphatic carbocycles. The SMILES string of the molecule is CN1CCC(CN(C)CCC(CO)NC2CC2)CC1. The summed E-state index contributed by atoms with van der Waals surface area (Å²) in [6.07, 6.45) is 6.33. The summed E-state index contributed by atoms with van der Waals surface area (Å²) in [6.45, 7) is 5.09. The zero-order valence-corrected chi connectivity index (χ0v) is 12.6. The Hall–Kier alpha value is -0.160. The summed E-state index contributed by atoms with van der Waals surface area (Å²) in [5.41, 5.74) is 0. The molecule has 0 aromatic carbocycles. The van der Waals surface area contributed by atoms with Gasteiger partial charge in [-0.3, -0.25) is 0 Å². The Labute approximate surface area is 118 Å². The van der Waals surface area contributed by atoms with Crippen LogP contribution < -0.4 is 5.32 Å². The monoisotopic (exact) mass is 269 g/mol. The van der Waals surface area contributed by atoms with E-state index in [4.69, 9.17) is 0 Å². The molecular weight excluding hydrogens is 238 g/mol. The number of nitrogens with zero attached hydrogens (tertiary/aromatic N) is 2. The fourth-order valence-electron chi connectivity index (χ4n) is 2.96. The van der Waals surface area contributed by atoms with E-state index in [0.29, 0.717) is 12.1 Å². The Morgan fingerprint density at radius 3 is 2.53 bits per heavy atom. The largest absolute Gasteiger partial charge is 0.395 e. The van der Waals surface area contributed by atoms with Crippen molar-refractivity contribution in [2.75, 3.05) is 46.9 Å². The van der Waals surface area contributed by atoms with Crippen molar-refractivity contribution in [2.24, 2.45) is 5.92 Å². The molecule has 1 atom stereocenters. The third kappa shape index (κ3) is 5.78. The first-order valence-electron chi connectivity index (χ1n) is 7.91. The molecule has 2 N–H and O–H groups in total. The normalized spacial score (nSPS) is 24.0. The second-order valence-corrected chi connectivity index (χ2v) is 6.62. The Morgan fingerprint density at radius 1 is 1.26 bits per heavy atom. The second-order valence-electron chi connectivity index (χ2n) is 6.62. The molecule has 1 saturated carbocycles. The van der Waals surface area contributed by atoms with Crippen molar-refractivity contribution >= 4 is 0 Å². The van der Waals surface area contributed by atoms with Crippen LogP contribution in [0.3, 0.4) is 0 Å². The molecule has 0 radical (unpaired) electrons. The summed E-state index contributed by atoms with van der Waals surface area (Å²) < 4.78 is 0. The Bertz CT molecular complexity index is 250. The van der Waals surface area contributed by atoms with Crippen LogP contribution in [0.4, 0.5) is 0 Å². The first-order chi connectivity index (χ1) is 9.17. The Kier molecular flexibility index (Phi) is 6.07. The fourth-order valence-corrected chi connectivity index (χ4v) is 2.96.